The van der Waals surface area contributed by atoms with E-state index in [1.54, 1.807) is 6.26 Å². The first-order valence-electron chi connectivity index (χ1n) is 5.28. The Hall–Kier alpha value is -1.43. The number of rotatable bonds is 5. The van der Waals surface area contributed by atoms with Crippen molar-refractivity contribution in [3.8, 4) is 0 Å². The number of aromatic amines is 1. The SMILES string of the molecule is CC(CCS(C)=O)NC(=O)c1ccc(=O)[nH]c1. The number of hydrogen-bond acceptors (Lipinski definition) is 3. The molecule has 1 aromatic rings. The Kier molecular flexibility index (Phi) is 5.09. The molecule has 0 aliphatic heterocycles. The molecule has 2 atom stereocenters. The van der Waals surface area contributed by atoms with Crippen molar-refractivity contribution in [1.82, 2.24) is 10.3 Å². The summed E-state index contributed by atoms with van der Waals surface area (Å²) in [7, 11) is -0.847. The fourth-order valence-electron chi connectivity index (χ4n) is 1.27. The molecule has 2 unspecified atom stereocenters. The molecule has 0 aliphatic rings. The van der Waals surface area contributed by atoms with E-state index in [1.807, 2.05) is 6.92 Å². The van der Waals surface area contributed by atoms with Gasteiger partial charge in [-0.2, -0.15) is 0 Å². The third kappa shape index (κ3) is 4.95. The minimum Gasteiger partial charge on any atom is -0.350 e. The quantitative estimate of drug-likeness (QED) is 0.793. The van der Waals surface area contributed by atoms with Gasteiger partial charge < -0.3 is 10.3 Å². The van der Waals surface area contributed by atoms with Gasteiger partial charge in [0.1, 0.15) is 0 Å². The van der Waals surface area contributed by atoms with E-state index in [0.29, 0.717) is 17.7 Å². The number of nitrogens with one attached hydrogen (secondary N) is 2. The molecule has 5 nitrogen and oxygen atoms in total. The smallest absolute Gasteiger partial charge is 0.252 e. The summed E-state index contributed by atoms with van der Waals surface area (Å²) in [6, 6.07) is 2.73. The fraction of sp³-hybridized carbons (Fsp3) is 0.455. The maximum Gasteiger partial charge on any atom is 0.252 e. The summed E-state index contributed by atoms with van der Waals surface area (Å²) in [5.41, 5.74) is 0.171. The van der Waals surface area contributed by atoms with Gasteiger partial charge in [0.05, 0.1) is 5.56 Å². The molecule has 0 bridgehead atoms. The van der Waals surface area contributed by atoms with Crippen molar-refractivity contribution < 1.29 is 9.00 Å². The Morgan fingerprint density at radius 2 is 2.24 bits per heavy atom. The second kappa shape index (κ2) is 6.34. The van der Waals surface area contributed by atoms with Gasteiger partial charge in [-0.25, -0.2) is 0 Å². The van der Waals surface area contributed by atoms with E-state index in [9.17, 15) is 13.8 Å². The Morgan fingerprint density at radius 3 is 2.76 bits per heavy atom. The molecule has 1 heterocycles. The molecular formula is C11H16N2O3S. The van der Waals surface area contributed by atoms with Crippen molar-refractivity contribution >= 4 is 16.7 Å². The summed E-state index contributed by atoms with van der Waals surface area (Å²) in [6.07, 6.45) is 3.68. The molecule has 0 fully saturated rings. The van der Waals surface area contributed by atoms with E-state index >= 15 is 0 Å². The molecule has 2 N–H and O–H groups in total. The first kappa shape index (κ1) is 13.6. The van der Waals surface area contributed by atoms with Crippen LogP contribution in [-0.4, -0.2) is 33.2 Å². The number of carbonyl (C=O) groups excluding carboxylic acids is 1. The highest BCUT2D eigenvalue weighted by Crippen LogP contribution is 1.97. The summed E-state index contributed by atoms with van der Waals surface area (Å²) in [5, 5.41) is 2.78. The van der Waals surface area contributed by atoms with Crippen molar-refractivity contribution in [2.75, 3.05) is 12.0 Å². The van der Waals surface area contributed by atoms with Gasteiger partial charge in [0.2, 0.25) is 5.56 Å². The normalized spacial score (nSPS) is 14.0. The average Bonchev–Trinajstić information content (AvgIpc) is 2.27. The highest BCUT2D eigenvalue weighted by Gasteiger charge is 2.09. The molecule has 1 rings (SSSR count). The van der Waals surface area contributed by atoms with Gasteiger partial charge in [-0.1, -0.05) is 0 Å². The largest absolute Gasteiger partial charge is 0.350 e. The van der Waals surface area contributed by atoms with Gasteiger partial charge in [0, 0.05) is 41.1 Å². The molecule has 0 aliphatic carbocycles. The molecule has 0 aromatic carbocycles. The maximum absolute atomic E-state index is 11.7. The lowest BCUT2D eigenvalue weighted by molar-refractivity contribution is 0.0939. The molecule has 0 radical (unpaired) electrons. The number of carbonyl (C=O) groups is 1. The molecule has 17 heavy (non-hydrogen) atoms. The number of H-pyrrole nitrogens is 1. The minimum absolute atomic E-state index is 0.0432. The highest BCUT2D eigenvalue weighted by atomic mass is 32.2. The van der Waals surface area contributed by atoms with Gasteiger partial charge in [0.15, 0.2) is 0 Å². The Labute approximate surface area is 102 Å². The van der Waals surface area contributed by atoms with Crippen LogP contribution in [-0.2, 0) is 10.8 Å². The van der Waals surface area contributed by atoms with E-state index in [4.69, 9.17) is 0 Å². The minimum atomic E-state index is -0.847. The van der Waals surface area contributed by atoms with Crippen LogP contribution in [0.5, 0.6) is 0 Å². The predicted molar refractivity (Wildman–Crippen MR) is 67.5 cm³/mol. The van der Waals surface area contributed by atoms with E-state index in [-0.39, 0.29) is 17.5 Å². The third-order valence-electron chi connectivity index (χ3n) is 2.26. The zero-order chi connectivity index (χ0) is 12.8. The molecule has 0 saturated carbocycles. The lowest BCUT2D eigenvalue weighted by Crippen LogP contribution is -2.33. The summed E-state index contributed by atoms with van der Waals surface area (Å²) in [4.78, 5) is 25.0. The molecular weight excluding hydrogens is 240 g/mol. The first-order chi connectivity index (χ1) is 7.99. The molecule has 6 heteroatoms. The van der Waals surface area contributed by atoms with Gasteiger partial charge in [0.25, 0.3) is 5.91 Å². The standard InChI is InChI=1S/C11H16N2O3S/c1-8(5-6-17(2)16)13-11(15)9-3-4-10(14)12-7-9/h3-4,7-8H,5-6H2,1-2H3,(H,12,14)(H,13,15). The van der Waals surface area contributed by atoms with Crippen LogP contribution in [0.1, 0.15) is 23.7 Å². The second-order valence-corrected chi connectivity index (χ2v) is 5.44. The topological polar surface area (TPSA) is 79.0 Å². The van der Waals surface area contributed by atoms with Crippen LogP contribution in [0.25, 0.3) is 0 Å². The van der Waals surface area contributed by atoms with Gasteiger partial charge in [-0.15, -0.1) is 0 Å². The second-order valence-electron chi connectivity index (χ2n) is 3.88. The fourth-order valence-corrected chi connectivity index (χ4v) is 1.96. The van der Waals surface area contributed by atoms with Gasteiger partial charge >= 0.3 is 0 Å². The number of amides is 1. The van der Waals surface area contributed by atoms with Crippen LogP contribution in [0, 0.1) is 0 Å². The van der Waals surface area contributed by atoms with E-state index in [2.05, 4.69) is 10.3 Å². The van der Waals surface area contributed by atoms with Crippen molar-refractivity contribution in [2.45, 2.75) is 19.4 Å². The van der Waals surface area contributed by atoms with Crippen LogP contribution >= 0.6 is 0 Å². The van der Waals surface area contributed by atoms with Crippen LogP contribution in [0.4, 0.5) is 0 Å². The van der Waals surface area contributed by atoms with Crippen LogP contribution in [0.2, 0.25) is 0 Å². The summed E-state index contributed by atoms with van der Waals surface area (Å²) >= 11 is 0. The molecule has 0 spiro atoms. The van der Waals surface area contributed by atoms with E-state index in [1.165, 1.54) is 18.3 Å². The van der Waals surface area contributed by atoms with E-state index < -0.39 is 10.8 Å². The average molecular weight is 256 g/mol. The summed E-state index contributed by atoms with van der Waals surface area (Å²) in [6.45, 7) is 1.86. The number of pyridine rings is 1. The molecule has 94 valence electrons. The maximum atomic E-state index is 11.7. The van der Waals surface area contributed by atoms with Crippen molar-refractivity contribution in [1.29, 1.82) is 0 Å². The van der Waals surface area contributed by atoms with Crippen LogP contribution in [0.15, 0.2) is 23.1 Å². The summed E-state index contributed by atoms with van der Waals surface area (Å²) in [5.74, 6) is 0.322. The number of hydrogen-bond donors (Lipinski definition) is 2. The van der Waals surface area contributed by atoms with Crippen LogP contribution in [0.3, 0.4) is 0 Å². The van der Waals surface area contributed by atoms with Crippen LogP contribution < -0.4 is 10.9 Å². The van der Waals surface area contributed by atoms with Gasteiger partial charge in [-0.3, -0.25) is 13.8 Å². The summed E-state index contributed by atoms with van der Waals surface area (Å²) < 4.78 is 10.9. The Bertz CT molecular complexity index is 450. The zero-order valence-corrected chi connectivity index (χ0v) is 10.7. The third-order valence-corrected chi connectivity index (χ3v) is 3.07. The monoisotopic (exact) mass is 256 g/mol. The van der Waals surface area contributed by atoms with Crippen molar-refractivity contribution in [2.24, 2.45) is 0 Å². The van der Waals surface area contributed by atoms with Gasteiger partial charge in [-0.05, 0) is 19.4 Å². The first-order valence-corrected chi connectivity index (χ1v) is 7.01. The number of aromatic nitrogens is 1. The zero-order valence-electron chi connectivity index (χ0n) is 9.86. The lowest BCUT2D eigenvalue weighted by Gasteiger charge is -2.12. The Morgan fingerprint density at radius 1 is 1.53 bits per heavy atom. The Balaban J connectivity index is 2.51. The van der Waals surface area contributed by atoms with E-state index in [0.717, 1.165) is 0 Å². The molecule has 1 aromatic heterocycles. The van der Waals surface area contributed by atoms with Crippen molar-refractivity contribution in [3.05, 3.63) is 34.2 Å². The lowest BCUT2D eigenvalue weighted by atomic mass is 10.2. The molecule has 0 saturated heterocycles. The van der Waals surface area contributed by atoms with Crippen molar-refractivity contribution in [3.63, 3.8) is 0 Å². The predicted octanol–water partition coefficient (Wildman–Crippen LogP) is 0.262. The highest BCUT2D eigenvalue weighted by molar-refractivity contribution is 7.84. The molecule has 1 amide bonds.